The summed E-state index contributed by atoms with van der Waals surface area (Å²) in [4.78, 5) is 0. The van der Waals surface area contributed by atoms with Gasteiger partial charge in [-0.05, 0) is 43.9 Å². The van der Waals surface area contributed by atoms with E-state index in [2.05, 4.69) is 11.4 Å². The maximum atomic E-state index is 10.3. The summed E-state index contributed by atoms with van der Waals surface area (Å²) in [6, 6.07) is 4.63. The molecule has 1 heterocycles. The second kappa shape index (κ2) is 4.37. The van der Waals surface area contributed by atoms with Gasteiger partial charge in [-0.15, -0.1) is 0 Å². The van der Waals surface area contributed by atoms with Crippen molar-refractivity contribution >= 4 is 0 Å². The number of likely N-dealkylation sites (N-methyl/N-ethyl adjacent to an activating group) is 1. The van der Waals surface area contributed by atoms with Crippen molar-refractivity contribution in [3.05, 3.63) is 23.3 Å². The Balaban J connectivity index is 1.88. The van der Waals surface area contributed by atoms with Crippen molar-refractivity contribution in [1.82, 2.24) is 5.32 Å². The highest BCUT2D eigenvalue weighted by Gasteiger charge is 2.52. The summed E-state index contributed by atoms with van der Waals surface area (Å²) in [5, 5.41) is 13.8. The van der Waals surface area contributed by atoms with Crippen LogP contribution >= 0.6 is 0 Å². The van der Waals surface area contributed by atoms with Crippen LogP contribution in [0.15, 0.2) is 12.1 Å². The minimum atomic E-state index is -0.364. The van der Waals surface area contributed by atoms with E-state index in [-0.39, 0.29) is 12.2 Å². The summed E-state index contributed by atoms with van der Waals surface area (Å²) in [5.74, 6) is 2.53. The maximum absolute atomic E-state index is 10.3. The predicted octanol–water partition coefficient (Wildman–Crippen LogP) is 1.45. The van der Waals surface area contributed by atoms with Crippen LogP contribution < -0.4 is 14.8 Å². The van der Waals surface area contributed by atoms with E-state index in [4.69, 9.17) is 9.47 Å². The first-order chi connectivity index (χ1) is 9.74. The molecule has 0 saturated heterocycles. The zero-order valence-electron chi connectivity index (χ0n) is 11.9. The quantitative estimate of drug-likeness (QED) is 0.858. The minimum absolute atomic E-state index is 0.102. The van der Waals surface area contributed by atoms with Gasteiger partial charge in [-0.2, -0.15) is 0 Å². The first-order valence-corrected chi connectivity index (χ1v) is 7.46. The second-order valence-corrected chi connectivity index (χ2v) is 6.19. The van der Waals surface area contributed by atoms with Gasteiger partial charge in [0.15, 0.2) is 11.5 Å². The zero-order valence-corrected chi connectivity index (χ0v) is 11.9. The van der Waals surface area contributed by atoms with Gasteiger partial charge in [0.1, 0.15) is 6.10 Å². The fourth-order valence-electron chi connectivity index (χ4n) is 4.46. The molecule has 1 fully saturated rings. The molecule has 0 aromatic heterocycles. The molecule has 4 heteroatoms. The van der Waals surface area contributed by atoms with E-state index >= 15 is 0 Å². The van der Waals surface area contributed by atoms with Gasteiger partial charge in [-0.3, -0.25) is 0 Å². The molecule has 0 spiro atoms. The Labute approximate surface area is 119 Å². The molecule has 2 aliphatic carbocycles. The Hall–Kier alpha value is -1.26. The van der Waals surface area contributed by atoms with Crippen LogP contribution in [0.5, 0.6) is 11.5 Å². The van der Waals surface area contributed by atoms with Gasteiger partial charge < -0.3 is 19.9 Å². The summed E-state index contributed by atoms with van der Waals surface area (Å²) in [6.45, 7) is 0. The molecule has 5 unspecified atom stereocenters. The van der Waals surface area contributed by atoms with Crippen molar-refractivity contribution in [1.29, 1.82) is 0 Å². The molecule has 3 aliphatic rings. The van der Waals surface area contributed by atoms with E-state index in [1.165, 1.54) is 11.1 Å². The summed E-state index contributed by atoms with van der Waals surface area (Å²) in [6.07, 6.45) is 2.46. The molecular weight excluding hydrogens is 254 g/mol. The lowest BCUT2D eigenvalue weighted by Crippen LogP contribution is -2.50. The van der Waals surface area contributed by atoms with Crippen molar-refractivity contribution in [3.8, 4) is 11.5 Å². The van der Waals surface area contributed by atoms with Crippen LogP contribution in [0, 0.1) is 5.92 Å². The van der Waals surface area contributed by atoms with Gasteiger partial charge in [0, 0.05) is 17.5 Å². The van der Waals surface area contributed by atoms with E-state index in [1.807, 2.05) is 13.1 Å². The first-order valence-electron chi connectivity index (χ1n) is 7.46. The predicted molar refractivity (Wildman–Crippen MR) is 75.4 cm³/mol. The molecular formula is C16H21NO3. The SMILES string of the molecule is CNC1Cc2ccc(OC)c3c2C2C1CCC(O)C2O3. The fourth-order valence-corrected chi connectivity index (χ4v) is 4.46. The molecule has 20 heavy (non-hydrogen) atoms. The molecule has 0 radical (unpaired) electrons. The number of rotatable bonds is 2. The van der Waals surface area contributed by atoms with E-state index in [9.17, 15) is 5.11 Å². The van der Waals surface area contributed by atoms with Crippen LogP contribution in [0.25, 0.3) is 0 Å². The third-order valence-electron chi connectivity index (χ3n) is 5.38. The average molecular weight is 275 g/mol. The third kappa shape index (κ3) is 1.49. The first kappa shape index (κ1) is 12.5. The van der Waals surface area contributed by atoms with Crippen molar-refractivity contribution in [2.75, 3.05) is 14.2 Å². The molecule has 1 saturated carbocycles. The smallest absolute Gasteiger partial charge is 0.165 e. The van der Waals surface area contributed by atoms with Crippen LogP contribution in [0.1, 0.15) is 29.9 Å². The summed E-state index contributed by atoms with van der Waals surface area (Å²) in [7, 11) is 3.71. The van der Waals surface area contributed by atoms with Gasteiger partial charge in [-0.25, -0.2) is 0 Å². The molecule has 0 bridgehead atoms. The van der Waals surface area contributed by atoms with Gasteiger partial charge in [-0.1, -0.05) is 6.07 Å². The van der Waals surface area contributed by atoms with Crippen LogP contribution in [0.4, 0.5) is 0 Å². The van der Waals surface area contributed by atoms with Gasteiger partial charge in [0.25, 0.3) is 0 Å². The average Bonchev–Trinajstić information content (AvgIpc) is 2.88. The van der Waals surface area contributed by atoms with E-state index in [1.54, 1.807) is 7.11 Å². The number of ether oxygens (including phenoxy) is 2. The Morgan fingerprint density at radius 1 is 1.35 bits per heavy atom. The highest BCUT2D eigenvalue weighted by atomic mass is 16.5. The summed E-state index contributed by atoms with van der Waals surface area (Å²) >= 11 is 0. The van der Waals surface area contributed by atoms with Crippen LogP contribution in [-0.4, -0.2) is 37.5 Å². The van der Waals surface area contributed by atoms with Crippen molar-refractivity contribution in [3.63, 3.8) is 0 Å². The molecule has 4 rings (SSSR count). The van der Waals surface area contributed by atoms with E-state index in [0.717, 1.165) is 30.8 Å². The molecule has 4 nitrogen and oxygen atoms in total. The van der Waals surface area contributed by atoms with Gasteiger partial charge in [0.2, 0.25) is 0 Å². The lowest BCUT2D eigenvalue weighted by Gasteiger charge is -2.43. The summed E-state index contributed by atoms with van der Waals surface area (Å²) < 4.78 is 11.6. The van der Waals surface area contributed by atoms with E-state index < -0.39 is 0 Å². The largest absolute Gasteiger partial charge is 0.493 e. The fraction of sp³-hybridized carbons (Fsp3) is 0.625. The molecule has 2 N–H and O–H groups in total. The van der Waals surface area contributed by atoms with Crippen molar-refractivity contribution < 1.29 is 14.6 Å². The van der Waals surface area contributed by atoms with Gasteiger partial charge >= 0.3 is 0 Å². The number of aliphatic hydroxyl groups excluding tert-OH is 1. The normalized spacial score (nSPS) is 37.2. The Morgan fingerprint density at radius 3 is 2.95 bits per heavy atom. The maximum Gasteiger partial charge on any atom is 0.165 e. The Bertz CT molecular complexity index is 545. The number of nitrogens with one attached hydrogen (secondary N) is 1. The van der Waals surface area contributed by atoms with E-state index in [0.29, 0.717) is 17.9 Å². The monoisotopic (exact) mass is 275 g/mol. The molecule has 1 aromatic carbocycles. The van der Waals surface area contributed by atoms with Gasteiger partial charge in [0.05, 0.1) is 13.2 Å². The highest BCUT2D eigenvalue weighted by Crippen LogP contribution is 2.56. The standard InChI is InChI=1S/C16H21NO3/c1-17-10-7-8-3-6-12(19-2)16-13(8)14-9(10)4-5-11(18)15(14)20-16/h3,6,9-11,14-15,17-18H,4-5,7H2,1-2H3. The Morgan fingerprint density at radius 2 is 2.20 bits per heavy atom. The number of hydrogen-bond donors (Lipinski definition) is 2. The van der Waals surface area contributed by atoms with Crippen LogP contribution in [-0.2, 0) is 6.42 Å². The number of benzene rings is 1. The molecule has 1 aromatic rings. The third-order valence-corrected chi connectivity index (χ3v) is 5.38. The Kier molecular flexibility index (Phi) is 2.72. The highest BCUT2D eigenvalue weighted by molar-refractivity contribution is 5.57. The zero-order chi connectivity index (χ0) is 13.9. The molecule has 0 amide bonds. The molecule has 5 atom stereocenters. The van der Waals surface area contributed by atoms with Crippen molar-refractivity contribution in [2.24, 2.45) is 5.92 Å². The lowest BCUT2D eigenvalue weighted by molar-refractivity contribution is -0.0184. The number of aliphatic hydroxyl groups is 1. The molecule has 108 valence electrons. The molecule has 1 aliphatic heterocycles. The lowest BCUT2D eigenvalue weighted by atomic mass is 9.65. The number of methoxy groups -OCH3 is 1. The minimum Gasteiger partial charge on any atom is -0.493 e. The summed E-state index contributed by atoms with van der Waals surface area (Å²) in [5.41, 5.74) is 2.64. The topological polar surface area (TPSA) is 50.7 Å². The number of hydrogen-bond acceptors (Lipinski definition) is 4. The van der Waals surface area contributed by atoms with Crippen molar-refractivity contribution in [2.45, 2.75) is 43.4 Å². The van der Waals surface area contributed by atoms with Crippen LogP contribution in [0.2, 0.25) is 0 Å². The second-order valence-electron chi connectivity index (χ2n) is 6.19. The van der Waals surface area contributed by atoms with Crippen LogP contribution in [0.3, 0.4) is 0 Å².